The summed E-state index contributed by atoms with van der Waals surface area (Å²) in [6, 6.07) is 6.80. The Morgan fingerprint density at radius 3 is 2.70 bits per heavy atom. The molecule has 1 aliphatic carbocycles. The van der Waals surface area contributed by atoms with Gasteiger partial charge in [-0.15, -0.1) is 0 Å². The van der Waals surface area contributed by atoms with Crippen molar-refractivity contribution in [1.29, 1.82) is 0 Å². The van der Waals surface area contributed by atoms with Gasteiger partial charge in [0.25, 0.3) is 5.56 Å². The molecular formula is C17H15F3N2O. The maximum Gasteiger partial charge on any atom is 0.396 e. The molecule has 120 valence electrons. The second kappa shape index (κ2) is 5.37. The van der Waals surface area contributed by atoms with E-state index in [0.29, 0.717) is 11.0 Å². The van der Waals surface area contributed by atoms with E-state index in [0.717, 1.165) is 6.08 Å². The molecule has 0 amide bonds. The maximum atomic E-state index is 13.5. The van der Waals surface area contributed by atoms with E-state index in [1.165, 1.54) is 12.2 Å². The van der Waals surface area contributed by atoms with Crippen LogP contribution in [0.15, 0.2) is 53.4 Å². The summed E-state index contributed by atoms with van der Waals surface area (Å²) in [5.74, 6) is -1.78. The number of benzene rings is 1. The van der Waals surface area contributed by atoms with Crippen LogP contribution in [0.4, 0.5) is 13.2 Å². The molecule has 1 aromatic carbocycles. The number of aromatic nitrogens is 2. The van der Waals surface area contributed by atoms with Crippen molar-refractivity contribution in [1.82, 2.24) is 9.97 Å². The topological polar surface area (TPSA) is 45.8 Å². The van der Waals surface area contributed by atoms with Gasteiger partial charge in [0.2, 0.25) is 0 Å². The first-order valence-corrected chi connectivity index (χ1v) is 7.31. The number of nitrogens with zero attached hydrogens (tertiary/aromatic N) is 1. The van der Waals surface area contributed by atoms with Crippen LogP contribution in [0.2, 0.25) is 0 Å². The summed E-state index contributed by atoms with van der Waals surface area (Å²) < 4.78 is 40.6. The number of halogens is 3. The van der Waals surface area contributed by atoms with Crippen molar-refractivity contribution >= 4 is 11.0 Å². The highest BCUT2D eigenvalue weighted by Crippen LogP contribution is 2.46. The quantitative estimate of drug-likeness (QED) is 0.913. The van der Waals surface area contributed by atoms with Gasteiger partial charge in [0.1, 0.15) is 5.69 Å². The number of aromatic amines is 1. The Labute approximate surface area is 130 Å². The van der Waals surface area contributed by atoms with E-state index in [9.17, 15) is 18.0 Å². The van der Waals surface area contributed by atoms with Crippen LogP contribution in [-0.2, 0) is 5.41 Å². The van der Waals surface area contributed by atoms with Gasteiger partial charge in [0.05, 0.1) is 22.4 Å². The lowest BCUT2D eigenvalue weighted by atomic mass is 9.68. The fourth-order valence-electron chi connectivity index (χ4n) is 3.16. The lowest BCUT2D eigenvalue weighted by molar-refractivity contribution is -0.175. The molecule has 0 aliphatic heterocycles. The molecular weight excluding hydrogens is 305 g/mol. The lowest BCUT2D eigenvalue weighted by Gasteiger charge is -2.37. The van der Waals surface area contributed by atoms with Crippen molar-refractivity contribution in [2.24, 2.45) is 5.92 Å². The molecule has 1 aliphatic rings. The van der Waals surface area contributed by atoms with Crippen LogP contribution in [0.1, 0.15) is 19.0 Å². The van der Waals surface area contributed by atoms with E-state index >= 15 is 0 Å². The van der Waals surface area contributed by atoms with Crippen LogP contribution >= 0.6 is 0 Å². The third-order valence-electron chi connectivity index (χ3n) is 4.34. The first kappa shape index (κ1) is 15.5. The Morgan fingerprint density at radius 2 is 2.00 bits per heavy atom. The molecule has 0 spiro atoms. The number of H-pyrrole nitrogens is 1. The minimum absolute atomic E-state index is 0.0957. The molecule has 2 aromatic rings. The highest BCUT2D eigenvalue weighted by atomic mass is 19.4. The van der Waals surface area contributed by atoms with Crippen molar-refractivity contribution < 1.29 is 13.2 Å². The van der Waals surface area contributed by atoms with Gasteiger partial charge < -0.3 is 4.98 Å². The molecule has 3 rings (SSSR count). The molecule has 23 heavy (non-hydrogen) atoms. The minimum Gasteiger partial charge on any atom is -0.319 e. The number of hydrogen-bond donors (Lipinski definition) is 1. The van der Waals surface area contributed by atoms with Crippen molar-refractivity contribution in [3.8, 4) is 0 Å². The van der Waals surface area contributed by atoms with Gasteiger partial charge in [0.15, 0.2) is 0 Å². The SMILES string of the molecule is CCC1(c2nc3ccccc3[nH]c2=O)C=CC=CC1C(F)(F)F. The van der Waals surface area contributed by atoms with Gasteiger partial charge in [-0.3, -0.25) is 4.79 Å². The summed E-state index contributed by atoms with van der Waals surface area (Å²) in [6.45, 7) is 1.64. The molecule has 1 aromatic heterocycles. The third-order valence-corrected chi connectivity index (χ3v) is 4.34. The summed E-state index contributed by atoms with van der Waals surface area (Å²) in [5.41, 5.74) is -1.20. The second-order valence-corrected chi connectivity index (χ2v) is 5.59. The van der Waals surface area contributed by atoms with Gasteiger partial charge >= 0.3 is 6.18 Å². The normalized spacial score (nSPS) is 24.3. The first-order valence-electron chi connectivity index (χ1n) is 7.31. The Hall–Kier alpha value is -2.37. The number of fused-ring (bicyclic) bond motifs is 1. The van der Waals surface area contributed by atoms with Gasteiger partial charge in [-0.2, -0.15) is 13.2 Å². The van der Waals surface area contributed by atoms with Crippen molar-refractivity contribution in [3.05, 3.63) is 64.6 Å². The molecule has 2 atom stereocenters. The molecule has 3 nitrogen and oxygen atoms in total. The van der Waals surface area contributed by atoms with Crippen LogP contribution in [0.25, 0.3) is 11.0 Å². The van der Waals surface area contributed by atoms with Gasteiger partial charge in [-0.1, -0.05) is 43.4 Å². The van der Waals surface area contributed by atoms with Crippen LogP contribution in [0.5, 0.6) is 0 Å². The van der Waals surface area contributed by atoms with E-state index in [-0.39, 0.29) is 12.1 Å². The number of alkyl halides is 3. The molecule has 1 heterocycles. The smallest absolute Gasteiger partial charge is 0.319 e. The Bertz CT molecular complexity index is 851. The van der Waals surface area contributed by atoms with Gasteiger partial charge in [-0.25, -0.2) is 4.98 Å². The zero-order valence-electron chi connectivity index (χ0n) is 12.4. The average molecular weight is 320 g/mol. The van der Waals surface area contributed by atoms with E-state index in [2.05, 4.69) is 9.97 Å². The summed E-state index contributed by atoms with van der Waals surface area (Å²) in [5, 5.41) is 0. The monoisotopic (exact) mass is 320 g/mol. The number of hydrogen-bond acceptors (Lipinski definition) is 2. The molecule has 0 bridgehead atoms. The Kier molecular flexibility index (Phi) is 3.62. The Morgan fingerprint density at radius 1 is 1.26 bits per heavy atom. The van der Waals surface area contributed by atoms with Crippen LogP contribution in [0, 0.1) is 5.92 Å². The number of rotatable bonds is 2. The van der Waals surface area contributed by atoms with Gasteiger partial charge in [-0.05, 0) is 18.6 Å². The number of allylic oxidation sites excluding steroid dienone is 4. The predicted molar refractivity (Wildman–Crippen MR) is 82.2 cm³/mol. The number of para-hydroxylation sites is 2. The summed E-state index contributed by atoms with van der Waals surface area (Å²) in [6.07, 6.45) is 1.10. The molecule has 0 saturated carbocycles. The summed E-state index contributed by atoms with van der Waals surface area (Å²) in [4.78, 5) is 19.3. The highest BCUT2D eigenvalue weighted by Gasteiger charge is 2.53. The fraction of sp³-hybridized carbons (Fsp3) is 0.294. The molecule has 0 radical (unpaired) electrons. The van der Waals surface area contributed by atoms with Crippen LogP contribution in [0.3, 0.4) is 0 Å². The average Bonchev–Trinajstić information content (AvgIpc) is 2.53. The maximum absolute atomic E-state index is 13.5. The van der Waals surface area contributed by atoms with Crippen LogP contribution in [-0.4, -0.2) is 16.1 Å². The fourth-order valence-corrected chi connectivity index (χ4v) is 3.16. The largest absolute Gasteiger partial charge is 0.396 e. The summed E-state index contributed by atoms with van der Waals surface area (Å²) >= 11 is 0. The van der Waals surface area contributed by atoms with Crippen molar-refractivity contribution in [2.75, 3.05) is 0 Å². The van der Waals surface area contributed by atoms with E-state index in [4.69, 9.17) is 0 Å². The first-order chi connectivity index (χ1) is 10.9. The minimum atomic E-state index is -4.46. The zero-order chi connectivity index (χ0) is 16.7. The van der Waals surface area contributed by atoms with E-state index in [1.807, 2.05) is 0 Å². The molecule has 2 unspecified atom stereocenters. The zero-order valence-corrected chi connectivity index (χ0v) is 12.4. The van der Waals surface area contributed by atoms with E-state index < -0.39 is 23.1 Å². The van der Waals surface area contributed by atoms with E-state index in [1.54, 1.807) is 37.3 Å². The standard InChI is InChI=1S/C17H15F3N2O/c1-2-16(10-6-5-9-13(16)17(18,19)20)14-15(23)22-12-8-4-3-7-11(12)21-14/h3-10,13H,2H2,1H3,(H,22,23). The molecule has 6 heteroatoms. The van der Waals surface area contributed by atoms with Crippen LogP contribution < -0.4 is 5.56 Å². The molecule has 0 fully saturated rings. The lowest BCUT2D eigenvalue weighted by Crippen LogP contribution is -2.45. The van der Waals surface area contributed by atoms with Gasteiger partial charge in [0, 0.05) is 0 Å². The van der Waals surface area contributed by atoms with Crippen molar-refractivity contribution in [3.63, 3.8) is 0 Å². The van der Waals surface area contributed by atoms with Crippen molar-refractivity contribution in [2.45, 2.75) is 24.9 Å². The number of nitrogens with one attached hydrogen (secondary N) is 1. The predicted octanol–water partition coefficient (Wildman–Crippen LogP) is 3.88. The molecule has 1 N–H and O–H groups in total. The molecule has 0 saturated heterocycles. The summed E-state index contributed by atoms with van der Waals surface area (Å²) in [7, 11) is 0. The second-order valence-electron chi connectivity index (χ2n) is 5.59. The highest BCUT2D eigenvalue weighted by molar-refractivity contribution is 5.73. The third kappa shape index (κ3) is 2.48. The Balaban J connectivity index is 2.28.